The summed E-state index contributed by atoms with van der Waals surface area (Å²) < 4.78 is 11.0. The quantitative estimate of drug-likeness (QED) is 0.820. The minimum Gasteiger partial charge on any atom is -0.497 e. The highest BCUT2D eigenvalue weighted by Gasteiger charge is 2.04. The molecule has 0 atom stereocenters. The van der Waals surface area contributed by atoms with Gasteiger partial charge in [-0.1, -0.05) is 38.1 Å². The predicted octanol–water partition coefficient (Wildman–Crippen LogP) is 4.34. The molecule has 21 heavy (non-hydrogen) atoms. The molecule has 0 fully saturated rings. The van der Waals surface area contributed by atoms with E-state index in [0.717, 1.165) is 30.3 Å². The van der Waals surface area contributed by atoms with Crippen molar-refractivity contribution >= 4 is 5.69 Å². The Morgan fingerprint density at radius 2 is 1.71 bits per heavy atom. The summed E-state index contributed by atoms with van der Waals surface area (Å²) in [7, 11) is 1.68. The third-order valence-electron chi connectivity index (χ3n) is 3.10. The Labute approximate surface area is 126 Å². The molecule has 0 aliphatic heterocycles. The number of hydrogen-bond acceptors (Lipinski definition) is 3. The van der Waals surface area contributed by atoms with E-state index in [4.69, 9.17) is 9.47 Å². The maximum Gasteiger partial charge on any atom is 0.142 e. The van der Waals surface area contributed by atoms with Gasteiger partial charge in [-0.05, 0) is 35.7 Å². The van der Waals surface area contributed by atoms with Gasteiger partial charge in [-0.3, -0.25) is 0 Å². The Morgan fingerprint density at radius 1 is 1.00 bits per heavy atom. The Morgan fingerprint density at radius 3 is 2.38 bits per heavy atom. The minimum atomic E-state index is 0.514. The molecule has 0 bridgehead atoms. The molecule has 0 spiro atoms. The van der Waals surface area contributed by atoms with Crippen LogP contribution in [0.4, 0.5) is 5.69 Å². The van der Waals surface area contributed by atoms with Crippen LogP contribution in [0.25, 0.3) is 0 Å². The molecule has 0 saturated carbocycles. The van der Waals surface area contributed by atoms with Crippen molar-refractivity contribution in [1.29, 1.82) is 0 Å². The molecule has 3 nitrogen and oxygen atoms in total. The fourth-order valence-corrected chi connectivity index (χ4v) is 1.94. The van der Waals surface area contributed by atoms with Crippen LogP contribution in [0.1, 0.15) is 19.4 Å². The van der Waals surface area contributed by atoms with Crippen LogP contribution in [-0.4, -0.2) is 13.7 Å². The fourth-order valence-electron chi connectivity index (χ4n) is 1.94. The number of benzene rings is 2. The van der Waals surface area contributed by atoms with E-state index >= 15 is 0 Å². The molecule has 2 aromatic carbocycles. The molecule has 1 N–H and O–H groups in total. The third-order valence-corrected chi connectivity index (χ3v) is 3.10. The number of methoxy groups -OCH3 is 1. The summed E-state index contributed by atoms with van der Waals surface area (Å²) in [6.45, 7) is 5.77. The molecule has 112 valence electrons. The van der Waals surface area contributed by atoms with E-state index in [2.05, 4.69) is 31.3 Å². The molecular weight excluding hydrogens is 262 g/mol. The average molecular weight is 285 g/mol. The van der Waals surface area contributed by atoms with Gasteiger partial charge in [-0.25, -0.2) is 0 Å². The average Bonchev–Trinajstić information content (AvgIpc) is 2.52. The van der Waals surface area contributed by atoms with Gasteiger partial charge in [-0.15, -0.1) is 0 Å². The second kappa shape index (κ2) is 7.58. The van der Waals surface area contributed by atoms with Crippen molar-refractivity contribution in [1.82, 2.24) is 0 Å². The standard InChI is InChI=1S/C18H23NO2/c1-14(2)13-21-18-7-5-4-6-17(18)19-12-15-8-10-16(20-3)11-9-15/h4-11,14,19H,12-13H2,1-3H3. The highest BCUT2D eigenvalue weighted by atomic mass is 16.5. The fraction of sp³-hybridized carbons (Fsp3) is 0.333. The Kier molecular flexibility index (Phi) is 5.50. The molecule has 3 heteroatoms. The van der Waals surface area contributed by atoms with Gasteiger partial charge in [0.1, 0.15) is 11.5 Å². The summed E-state index contributed by atoms with van der Waals surface area (Å²) in [4.78, 5) is 0. The van der Waals surface area contributed by atoms with E-state index in [0.29, 0.717) is 5.92 Å². The van der Waals surface area contributed by atoms with Crippen LogP contribution in [0.2, 0.25) is 0 Å². The third kappa shape index (κ3) is 4.71. The Bertz CT molecular complexity index is 549. The summed E-state index contributed by atoms with van der Waals surface area (Å²) in [6.07, 6.45) is 0. The first-order valence-electron chi connectivity index (χ1n) is 7.27. The highest BCUT2D eigenvalue weighted by molar-refractivity contribution is 5.56. The lowest BCUT2D eigenvalue weighted by atomic mass is 10.2. The first-order valence-corrected chi connectivity index (χ1v) is 7.27. The monoisotopic (exact) mass is 285 g/mol. The maximum absolute atomic E-state index is 5.84. The first kappa shape index (κ1) is 15.2. The topological polar surface area (TPSA) is 30.5 Å². The zero-order valence-corrected chi connectivity index (χ0v) is 12.9. The van der Waals surface area contributed by atoms with Crippen LogP contribution in [-0.2, 0) is 6.54 Å². The SMILES string of the molecule is COc1ccc(CNc2ccccc2OCC(C)C)cc1. The van der Waals surface area contributed by atoms with E-state index in [1.165, 1.54) is 5.56 Å². The van der Waals surface area contributed by atoms with E-state index in [-0.39, 0.29) is 0 Å². The van der Waals surface area contributed by atoms with Crippen LogP contribution >= 0.6 is 0 Å². The molecule has 2 aromatic rings. The van der Waals surface area contributed by atoms with Gasteiger partial charge in [0, 0.05) is 6.54 Å². The van der Waals surface area contributed by atoms with Crippen LogP contribution in [0.5, 0.6) is 11.5 Å². The molecule has 0 heterocycles. The molecule has 0 amide bonds. The molecule has 0 aliphatic carbocycles. The van der Waals surface area contributed by atoms with Gasteiger partial charge in [0.15, 0.2) is 0 Å². The smallest absolute Gasteiger partial charge is 0.142 e. The van der Waals surface area contributed by atoms with Crippen LogP contribution in [0.3, 0.4) is 0 Å². The van der Waals surface area contributed by atoms with Crippen LogP contribution < -0.4 is 14.8 Å². The lowest BCUT2D eigenvalue weighted by Gasteiger charge is -2.14. The second-order valence-electron chi connectivity index (χ2n) is 5.40. The summed E-state index contributed by atoms with van der Waals surface area (Å²) in [5.74, 6) is 2.29. The Balaban J connectivity index is 1.98. The lowest BCUT2D eigenvalue weighted by molar-refractivity contribution is 0.272. The number of anilines is 1. The van der Waals surface area contributed by atoms with E-state index in [9.17, 15) is 0 Å². The second-order valence-corrected chi connectivity index (χ2v) is 5.40. The van der Waals surface area contributed by atoms with Crippen molar-refractivity contribution < 1.29 is 9.47 Å². The number of ether oxygens (including phenoxy) is 2. The van der Waals surface area contributed by atoms with E-state index in [1.807, 2.05) is 36.4 Å². The molecule has 0 saturated heterocycles. The molecule has 0 unspecified atom stereocenters. The van der Waals surface area contributed by atoms with Gasteiger partial charge in [0.05, 0.1) is 19.4 Å². The van der Waals surface area contributed by atoms with Gasteiger partial charge in [0.25, 0.3) is 0 Å². The lowest BCUT2D eigenvalue weighted by Crippen LogP contribution is -2.07. The van der Waals surface area contributed by atoms with Crippen molar-refractivity contribution in [2.45, 2.75) is 20.4 Å². The van der Waals surface area contributed by atoms with Crippen LogP contribution in [0.15, 0.2) is 48.5 Å². The normalized spacial score (nSPS) is 10.5. The zero-order valence-electron chi connectivity index (χ0n) is 12.9. The van der Waals surface area contributed by atoms with Gasteiger partial charge in [0.2, 0.25) is 0 Å². The van der Waals surface area contributed by atoms with Crippen molar-refractivity contribution in [3.05, 3.63) is 54.1 Å². The summed E-state index contributed by atoms with van der Waals surface area (Å²) >= 11 is 0. The molecule has 2 rings (SSSR count). The van der Waals surface area contributed by atoms with Crippen molar-refractivity contribution in [3.63, 3.8) is 0 Å². The van der Waals surface area contributed by atoms with Gasteiger partial charge >= 0.3 is 0 Å². The molecule has 0 radical (unpaired) electrons. The van der Waals surface area contributed by atoms with Crippen molar-refractivity contribution in [3.8, 4) is 11.5 Å². The first-order chi connectivity index (χ1) is 10.2. The van der Waals surface area contributed by atoms with E-state index < -0.39 is 0 Å². The number of hydrogen-bond donors (Lipinski definition) is 1. The largest absolute Gasteiger partial charge is 0.497 e. The summed E-state index contributed by atoms with van der Waals surface area (Å²) in [5.41, 5.74) is 2.23. The maximum atomic E-state index is 5.84. The number of rotatable bonds is 7. The Hall–Kier alpha value is -2.16. The van der Waals surface area contributed by atoms with E-state index in [1.54, 1.807) is 7.11 Å². The van der Waals surface area contributed by atoms with Crippen LogP contribution in [0, 0.1) is 5.92 Å². The number of para-hydroxylation sites is 2. The highest BCUT2D eigenvalue weighted by Crippen LogP contribution is 2.25. The molecule has 0 aromatic heterocycles. The minimum absolute atomic E-state index is 0.514. The van der Waals surface area contributed by atoms with Gasteiger partial charge < -0.3 is 14.8 Å². The zero-order chi connectivity index (χ0) is 15.1. The summed E-state index contributed by atoms with van der Waals surface area (Å²) in [6, 6.07) is 16.1. The molecule has 0 aliphatic rings. The predicted molar refractivity (Wildman–Crippen MR) is 87.1 cm³/mol. The van der Waals surface area contributed by atoms with Crippen molar-refractivity contribution in [2.24, 2.45) is 5.92 Å². The summed E-state index contributed by atoms with van der Waals surface area (Å²) in [5, 5.41) is 3.42. The van der Waals surface area contributed by atoms with Crippen molar-refractivity contribution in [2.75, 3.05) is 19.0 Å². The number of nitrogens with one attached hydrogen (secondary N) is 1. The van der Waals surface area contributed by atoms with Gasteiger partial charge in [-0.2, -0.15) is 0 Å². The molecular formula is C18H23NO2.